The molecule has 0 bridgehead atoms. The fourth-order valence-corrected chi connectivity index (χ4v) is 2.49. The van der Waals surface area contributed by atoms with E-state index in [-0.39, 0.29) is 6.04 Å². The summed E-state index contributed by atoms with van der Waals surface area (Å²) in [6.07, 6.45) is 0. The first-order valence-corrected chi connectivity index (χ1v) is 6.97. The highest BCUT2D eigenvalue weighted by molar-refractivity contribution is 5.42. The summed E-state index contributed by atoms with van der Waals surface area (Å²) < 4.78 is 16.1. The first-order chi connectivity index (χ1) is 9.78. The number of likely N-dealkylation sites (N-methyl/N-ethyl adjacent to an activating group) is 1. The number of nitrogens with one attached hydrogen (secondary N) is 1. The monoisotopic (exact) mass is 280 g/mol. The number of hydrogen-bond donors (Lipinski definition) is 1. The molecule has 1 N–H and O–H groups in total. The molecule has 1 aliphatic heterocycles. The third kappa shape index (κ3) is 3.62. The lowest BCUT2D eigenvalue weighted by Gasteiger charge is -2.31. The predicted octanol–water partition coefficient (Wildman–Crippen LogP) is 1.30. The van der Waals surface area contributed by atoms with Crippen LogP contribution in [-0.4, -0.2) is 59.0 Å². The van der Waals surface area contributed by atoms with Crippen molar-refractivity contribution in [2.75, 3.05) is 54.1 Å². The van der Waals surface area contributed by atoms with Crippen molar-refractivity contribution in [2.45, 2.75) is 6.04 Å². The van der Waals surface area contributed by atoms with Gasteiger partial charge in [0.15, 0.2) is 0 Å². The van der Waals surface area contributed by atoms with Crippen molar-refractivity contribution in [3.05, 3.63) is 23.8 Å². The van der Waals surface area contributed by atoms with Crippen LogP contribution in [0.25, 0.3) is 0 Å². The van der Waals surface area contributed by atoms with Gasteiger partial charge in [-0.2, -0.15) is 0 Å². The molecule has 0 aliphatic carbocycles. The van der Waals surface area contributed by atoms with Gasteiger partial charge in [0.2, 0.25) is 0 Å². The number of ether oxygens (including phenoxy) is 3. The molecule has 1 atom stereocenters. The second-order valence-electron chi connectivity index (χ2n) is 4.86. The molecule has 112 valence electrons. The van der Waals surface area contributed by atoms with Crippen LogP contribution in [0, 0.1) is 0 Å². The van der Waals surface area contributed by atoms with Crippen LogP contribution in [0.4, 0.5) is 0 Å². The molecule has 5 heteroatoms. The van der Waals surface area contributed by atoms with Crippen molar-refractivity contribution in [3.63, 3.8) is 0 Å². The zero-order valence-corrected chi connectivity index (χ0v) is 12.5. The van der Waals surface area contributed by atoms with Crippen LogP contribution in [0.2, 0.25) is 0 Å². The first-order valence-electron chi connectivity index (χ1n) is 6.97. The van der Waals surface area contributed by atoms with Crippen LogP contribution in [0.5, 0.6) is 11.5 Å². The molecule has 1 heterocycles. The maximum absolute atomic E-state index is 5.50. The minimum atomic E-state index is 0.231. The van der Waals surface area contributed by atoms with Crippen molar-refractivity contribution in [2.24, 2.45) is 0 Å². The molecule has 0 radical (unpaired) electrons. The number of rotatable bonds is 6. The Kier molecular flexibility index (Phi) is 5.64. The van der Waals surface area contributed by atoms with Crippen molar-refractivity contribution < 1.29 is 14.2 Å². The summed E-state index contributed by atoms with van der Waals surface area (Å²) in [4.78, 5) is 2.41. The summed E-state index contributed by atoms with van der Waals surface area (Å²) in [5.41, 5.74) is 1.15. The van der Waals surface area contributed by atoms with E-state index in [0.29, 0.717) is 0 Å². The summed E-state index contributed by atoms with van der Waals surface area (Å²) in [6, 6.07) is 6.20. The molecule has 1 aromatic carbocycles. The van der Waals surface area contributed by atoms with Crippen LogP contribution in [-0.2, 0) is 4.74 Å². The third-order valence-corrected chi connectivity index (χ3v) is 3.71. The van der Waals surface area contributed by atoms with E-state index in [1.54, 1.807) is 14.2 Å². The van der Waals surface area contributed by atoms with E-state index in [0.717, 1.165) is 49.9 Å². The van der Waals surface area contributed by atoms with Crippen LogP contribution in [0.3, 0.4) is 0 Å². The second-order valence-corrected chi connectivity index (χ2v) is 4.86. The quantitative estimate of drug-likeness (QED) is 0.851. The molecule has 0 aromatic heterocycles. The predicted molar refractivity (Wildman–Crippen MR) is 78.6 cm³/mol. The second kappa shape index (κ2) is 7.47. The van der Waals surface area contributed by atoms with Gasteiger partial charge < -0.3 is 19.5 Å². The van der Waals surface area contributed by atoms with Gasteiger partial charge in [0.05, 0.1) is 27.4 Å². The highest BCUT2D eigenvalue weighted by atomic mass is 16.5. The van der Waals surface area contributed by atoms with Crippen LogP contribution >= 0.6 is 0 Å². The fourth-order valence-electron chi connectivity index (χ4n) is 2.49. The molecular formula is C15H24N2O3. The molecule has 1 aromatic rings. The summed E-state index contributed by atoms with van der Waals surface area (Å²) in [5.74, 6) is 1.67. The molecule has 20 heavy (non-hydrogen) atoms. The summed E-state index contributed by atoms with van der Waals surface area (Å²) >= 11 is 0. The van der Waals surface area contributed by atoms with Gasteiger partial charge >= 0.3 is 0 Å². The molecule has 0 amide bonds. The largest absolute Gasteiger partial charge is 0.497 e. The van der Waals surface area contributed by atoms with E-state index in [9.17, 15) is 0 Å². The average Bonchev–Trinajstić information content (AvgIpc) is 2.53. The van der Waals surface area contributed by atoms with Gasteiger partial charge in [0, 0.05) is 37.3 Å². The average molecular weight is 280 g/mol. The number of methoxy groups -OCH3 is 2. The number of nitrogens with zero attached hydrogens (tertiary/aromatic N) is 1. The zero-order chi connectivity index (χ0) is 14.4. The highest BCUT2D eigenvalue weighted by Gasteiger charge is 2.20. The van der Waals surface area contributed by atoms with Gasteiger partial charge in [-0.25, -0.2) is 0 Å². The SMILES string of the molecule is CNC(CN1CCOCC1)c1ccc(OC)cc1OC. The Balaban J connectivity index is 2.13. The number of hydrogen-bond acceptors (Lipinski definition) is 5. The Bertz CT molecular complexity index is 420. The topological polar surface area (TPSA) is 43.0 Å². The Morgan fingerprint density at radius 2 is 2.00 bits per heavy atom. The van der Waals surface area contributed by atoms with Gasteiger partial charge in [0.25, 0.3) is 0 Å². The lowest BCUT2D eigenvalue weighted by Crippen LogP contribution is -2.41. The van der Waals surface area contributed by atoms with Crippen molar-refractivity contribution in [1.29, 1.82) is 0 Å². The summed E-state index contributed by atoms with van der Waals surface area (Å²) in [7, 11) is 5.34. The van der Waals surface area contributed by atoms with Crippen LogP contribution in [0.15, 0.2) is 18.2 Å². The number of morpholine rings is 1. The van der Waals surface area contributed by atoms with E-state index in [1.807, 2.05) is 19.2 Å². The fraction of sp³-hybridized carbons (Fsp3) is 0.600. The van der Waals surface area contributed by atoms with Crippen LogP contribution in [0.1, 0.15) is 11.6 Å². The van der Waals surface area contributed by atoms with Crippen molar-refractivity contribution >= 4 is 0 Å². The lowest BCUT2D eigenvalue weighted by molar-refractivity contribution is 0.0337. The molecule has 1 fully saturated rings. The molecule has 2 rings (SSSR count). The van der Waals surface area contributed by atoms with Crippen molar-refractivity contribution in [1.82, 2.24) is 10.2 Å². The highest BCUT2D eigenvalue weighted by Crippen LogP contribution is 2.29. The van der Waals surface area contributed by atoms with E-state index in [1.165, 1.54) is 0 Å². The summed E-state index contributed by atoms with van der Waals surface area (Å²) in [6.45, 7) is 4.54. The van der Waals surface area contributed by atoms with E-state index in [2.05, 4.69) is 16.3 Å². The molecule has 1 saturated heterocycles. The van der Waals surface area contributed by atoms with Crippen LogP contribution < -0.4 is 14.8 Å². The maximum Gasteiger partial charge on any atom is 0.127 e. The number of benzene rings is 1. The standard InChI is InChI=1S/C15H24N2O3/c1-16-14(11-17-6-8-20-9-7-17)13-5-4-12(18-2)10-15(13)19-3/h4-5,10,14,16H,6-9,11H2,1-3H3. The Morgan fingerprint density at radius 1 is 1.25 bits per heavy atom. The molecule has 0 saturated carbocycles. The Hall–Kier alpha value is -1.30. The van der Waals surface area contributed by atoms with Gasteiger partial charge in [-0.1, -0.05) is 6.07 Å². The lowest BCUT2D eigenvalue weighted by atomic mass is 10.0. The molecular weight excluding hydrogens is 256 g/mol. The maximum atomic E-state index is 5.50. The van der Waals surface area contributed by atoms with E-state index >= 15 is 0 Å². The van der Waals surface area contributed by atoms with Gasteiger partial charge in [-0.05, 0) is 13.1 Å². The van der Waals surface area contributed by atoms with E-state index < -0.39 is 0 Å². The zero-order valence-electron chi connectivity index (χ0n) is 12.5. The minimum absolute atomic E-state index is 0.231. The molecule has 0 spiro atoms. The smallest absolute Gasteiger partial charge is 0.127 e. The Labute approximate surface area is 120 Å². The normalized spacial score (nSPS) is 17.8. The van der Waals surface area contributed by atoms with Gasteiger partial charge in [-0.3, -0.25) is 4.90 Å². The summed E-state index contributed by atoms with van der Waals surface area (Å²) in [5, 5.41) is 3.37. The Morgan fingerprint density at radius 3 is 2.60 bits per heavy atom. The van der Waals surface area contributed by atoms with Gasteiger partial charge in [0.1, 0.15) is 11.5 Å². The van der Waals surface area contributed by atoms with Crippen molar-refractivity contribution in [3.8, 4) is 11.5 Å². The molecule has 1 unspecified atom stereocenters. The first kappa shape index (κ1) is 15.1. The minimum Gasteiger partial charge on any atom is -0.497 e. The van der Waals surface area contributed by atoms with Gasteiger partial charge in [-0.15, -0.1) is 0 Å². The van der Waals surface area contributed by atoms with E-state index in [4.69, 9.17) is 14.2 Å². The third-order valence-electron chi connectivity index (χ3n) is 3.71. The molecule has 1 aliphatic rings. The molecule has 5 nitrogen and oxygen atoms in total.